The topological polar surface area (TPSA) is 118 Å². The number of carbonyl (C=O) groups excluding carboxylic acids is 1. The summed E-state index contributed by atoms with van der Waals surface area (Å²) in [5.74, 6) is 2.00. The third-order valence-corrected chi connectivity index (χ3v) is 7.32. The average Bonchev–Trinajstić information content (AvgIpc) is 3.23. The van der Waals surface area contributed by atoms with Gasteiger partial charge < -0.3 is 30.5 Å². The lowest BCUT2D eigenvalue weighted by atomic mass is 10.1. The van der Waals surface area contributed by atoms with Gasteiger partial charge in [-0.2, -0.15) is 5.10 Å². The Kier molecular flexibility index (Phi) is 7.12. The van der Waals surface area contributed by atoms with Gasteiger partial charge in [0.05, 0.1) is 0 Å². The molecule has 10 heteroatoms. The number of amides is 1. The molecule has 0 spiro atoms. The van der Waals surface area contributed by atoms with Gasteiger partial charge in [0.15, 0.2) is 0 Å². The molecule has 4 aromatic rings. The lowest BCUT2D eigenvalue weighted by Gasteiger charge is -2.35. The highest BCUT2D eigenvalue weighted by molar-refractivity contribution is 6.04. The zero-order chi connectivity index (χ0) is 27.6. The van der Waals surface area contributed by atoms with Gasteiger partial charge in [0.25, 0.3) is 12.3 Å². The van der Waals surface area contributed by atoms with Gasteiger partial charge >= 0.3 is 0 Å². The third-order valence-electron chi connectivity index (χ3n) is 7.32. The molecule has 6 rings (SSSR count). The summed E-state index contributed by atoms with van der Waals surface area (Å²) in [5, 5.41) is 18.8. The summed E-state index contributed by atoms with van der Waals surface area (Å²) in [4.78, 5) is 16.8. The number of benzene rings is 3. The number of hydrogen-bond acceptors (Lipinski definition) is 8. The minimum absolute atomic E-state index is 0.329. The summed E-state index contributed by atoms with van der Waals surface area (Å²) in [7, 11) is 2.07. The molecule has 0 bridgehead atoms. The number of anilines is 2. The summed E-state index contributed by atoms with van der Waals surface area (Å²) >= 11 is 0. The predicted octanol–water partition coefficient (Wildman–Crippen LogP) is 3.64. The maximum Gasteiger partial charge on any atom is 0.259 e. The number of rotatable bonds is 7. The van der Waals surface area contributed by atoms with Gasteiger partial charge in [0.2, 0.25) is 0 Å². The van der Waals surface area contributed by atoms with Crippen LogP contribution in [0.2, 0.25) is 0 Å². The van der Waals surface area contributed by atoms with Crippen LogP contribution >= 0.6 is 0 Å². The molecule has 2 aliphatic rings. The van der Waals surface area contributed by atoms with E-state index in [1.807, 2.05) is 77.7 Å². The van der Waals surface area contributed by atoms with Gasteiger partial charge in [-0.1, -0.05) is 18.2 Å². The van der Waals surface area contributed by atoms with Crippen LogP contribution < -0.4 is 20.5 Å². The van der Waals surface area contributed by atoms with Gasteiger partial charge in [-0.05, 0) is 73.6 Å². The number of hydrogen-bond donors (Lipinski definition) is 3. The second-order valence-electron chi connectivity index (χ2n) is 10.1. The molecular weight excluding hydrogens is 508 g/mol. The number of carbonyl (C=O) groups is 1. The predicted molar refractivity (Wildman–Crippen MR) is 152 cm³/mol. The van der Waals surface area contributed by atoms with Crippen LogP contribution in [0.1, 0.15) is 15.9 Å². The van der Waals surface area contributed by atoms with E-state index in [9.17, 15) is 9.90 Å². The number of likely N-dealkylation sites (N-methyl/N-ethyl adjacent to an activating group) is 1. The Bertz CT molecular complexity index is 1500. The molecule has 1 unspecified atom stereocenters. The highest BCUT2D eigenvalue weighted by Gasteiger charge is 2.27. The second-order valence-corrected chi connectivity index (χ2v) is 10.1. The smallest absolute Gasteiger partial charge is 0.259 e. The monoisotopic (exact) mass is 540 g/mol. The number of piperazine rings is 1. The van der Waals surface area contributed by atoms with E-state index in [2.05, 4.69) is 17.3 Å². The quantitative estimate of drug-likeness (QED) is 0.304. The minimum atomic E-state index is -1.01. The summed E-state index contributed by atoms with van der Waals surface area (Å²) in [6.45, 7) is 3.79. The standard InChI is InChI=1S/C30H32N6O4/c1-34-15-17-35(18-16-34)30(38)40-24-11-12-25-21(19-24)13-14-36-29(32-25)26(28(31)37)27(33-36)20-7-9-23(10-8-20)39-22-5-3-2-4-6-22/h2-12,19,30,32,38H,13-18H2,1H3,(H2,31,37). The number of nitrogens with one attached hydrogen (secondary N) is 1. The van der Waals surface area contributed by atoms with E-state index < -0.39 is 12.3 Å². The summed E-state index contributed by atoms with van der Waals surface area (Å²) in [6.07, 6.45) is -0.352. The Hall–Kier alpha value is -4.38. The average molecular weight is 541 g/mol. The highest BCUT2D eigenvalue weighted by Crippen LogP contribution is 2.36. The molecule has 0 radical (unpaired) electrons. The van der Waals surface area contributed by atoms with Crippen molar-refractivity contribution >= 4 is 17.4 Å². The summed E-state index contributed by atoms with van der Waals surface area (Å²) < 4.78 is 13.5. The van der Waals surface area contributed by atoms with E-state index in [0.29, 0.717) is 41.5 Å². The molecule has 1 amide bonds. The first-order chi connectivity index (χ1) is 19.4. The highest BCUT2D eigenvalue weighted by atomic mass is 16.6. The fraction of sp³-hybridized carbons (Fsp3) is 0.267. The number of nitrogens with two attached hydrogens (primary N) is 1. The van der Waals surface area contributed by atoms with Crippen LogP contribution in [-0.2, 0) is 13.0 Å². The molecule has 1 atom stereocenters. The molecular formula is C30H32N6O4. The van der Waals surface area contributed by atoms with E-state index >= 15 is 0 Å². The van der Waals surface area contributed by atoms with Crippen molar-refractivity contribution in [3.05, 3.63) is 83.9 Å². The number of aliphatic hydroxyl groups is 1. The largest absolute Gasteiger partial charge is 0.457 e. The maximum atomic E-state index is 12.7. The van der Waals surface area contributed by atoms with E-state index in [1.54, 1.807) is 4.68 Å². The van der Waals surface area contributed by atoms with Crippen molar-refractivity contribution < 1.29 is 19.4 Å². The molecule has 3 heterocycles. The fourth-order valence-electron chi connectivity index (χ4n) is 5.06. The van der Waals surface area contributed by atoms with Crippen LogP contribution in [-0.4, -0.2) is 70.2 Å². The first-order valence-corrected chi connectivity index (χ1v) is 13.4. The SMILES string of the molecule is CN1CCN(C(O)Oc2ccc3c(c2)CCn2nc(-c4ccc(Oc5ccccc5)cc4)c(C(N)=O)c2N3)CC1. The molecule has 1 fully saturated rings. The summed E-state index contributed by atoms with van der Waals surface area (Å²) in [5.41, 5.74) is 9.30. The van der Waals surface area contributed by atoms with E-state index in [-0.39, 0.29) is 0 Å². The Balaban J connectivity index is 1.21. The Morgan fingerprint density at radius 1 is 0.950 bits per heavy atom. The van der Waals surface area contributed by atoms with Gasteiger partial charge in [-0.15, -0.1) is 0 Å². The van der Waals surface area contributed by atoms with Crippen molar-refractivity contribution in [2.45, 2.75) is 19.4 Å². The molecule has 1 aromatic heterocycles. The Morgan fingerprint density at radius 2 is 1.65 bits per heavy atom. The van der Waals surface area contributed by atoms with Crippen LogP contribution in [0.25, 0.3) is 11.3 Å². The van der Waals surface area contributed by atoms with Crippen molar-refractivity contribution in [1.29, 1.82) is 0 Å². The second kappa shape index (κ2) is 11.0. The Morgan fingerprint density at radius 3 is 2.38 bits per heavy atom. The third kappa shape index (κ3) is 5.37. The lowest BCUT2D eigenvalue weighted by Crippen LogP contribution is -2.50. The van der Waals surface area contributed by atoms with Gasteiger partial charge in [0.1, 0.15) is 34.3 Å². The van der Waals surface area contributed by atoms with E-state index in [4.69, 9.17) is 20.3 Å². The van der Waals surface area contributed by atoms with Crippen molar-refractivity contribution in [2.75, 3.05) is 38.5 Å². The molecule has 40 heavy (non-hydrogen) atoms. The van der Waals surface area contributed by atoms with Crippen LogP contribution in [0.3, 0.4) is 0 Å². The number of aromatic nitrogens is 2. The number of ether oxygens (including phenoxy) is 2. The van der Waals surface area contributed by atoms with Crippen molar-refractivity contribution in [1.82, 2.24) is 19.6 Å². The first kappa shape index (κ1) is 25.9. The molecule has 0 saturated carbocycles. The number of aliphatic hydroxyl groups excluding tert-OH is 1. The first-order valence-electron chi connectivity index (χ1n) is 13.4. The molecule has 3 aromatic carbocycles. The van der Waals surface area contributed by atoms with Crippen molar-refractivity contribution in [3.8, 4) is 28.5 Å². The van der Waals surface area contributed by atoms with Crippen molar-refractivity contribution in [2.24, 2.45) is 5.73 Å². The zero-order valence-electron chi connectivity index (χ0n) is 22.3. The minimum Gasteiger partial charge on any atom is -0.457 e. The molecule has 4 N–H and O–H groups in total. The number of primary amides is 1. The normalized spacial score (nSPS) is 16.2. The van der Waals surface area contributed by atoms with Gasteiger partial charge in [0, 0.05) is 44.0 Å². The molecule has 206 valence electrons. The van der Waals surface area contributed by atoms with Gasteiger partial charge in [-0.3, -0.25) is 4.79 Å². The summed E-state index contributed by atoms with van der Waals surface area (Å²) in [6, 6.07) is 22.6. The zero-order valence-corrected chi connectivity index (χ0v) is 22.3. The molecule has 1 saturated heterocycles. The van der Waals surface area contributed by atoms with Crippen LogP contribution in [0, 0.1) is 0 Å². The maximum absolute atomic E-state index is 12.7. The van der Waals surface area contributed by atoms with Crippen LogP contribution in [0.15, 0.2) is 72.8 Å². The Labute approximate surface area is 232 Å². The van der Waals surface area contributed by atoms with E-state index in [1.165, 1.54) is 0 Å². The molecule has 10 nitrogen and oxygen atoms in total. The number of para-hydroxylation sites is 1. The van der Waals surface area contributed by atoms with Crippen LogP contribution in [0.5, 0.6) is 17.2 Å². The molecule has 0 aliphatic carbocycles. The number of aryl methyl sites for hydroxylation is 2. The van der Waals surface area contributed by atoms with Gasteiger partial charge in [-0.25, -0.2) is 9.58 Å². The van der Waals surface area contributed by atoms with Crippen LogP contribution in [0.4, 0.5) is 11.5 Å². The lowest BCUT2D eigenvalue weighted by molar-refractivity contribution is -0.145. The van der Waals surface area contributed by atoms with E-state index in [0.717, 1.165) is 48.7 Å². The van der Waals surface area contributed by atoms with Crippen molar-refractivity contribution in [3.63, 3.8) is 0 Å². The fourth-order valence-corrected chi connectivity index (χ4v) is 5.06. The number of nitrogens with zero attached hydrogens (tertiary/aromatic N) is 4. The number of fused-ring (bicyclic) bond motifs is 2. The molecule has 2 aliphatic heterocycles.